The summed E-state index contributed by atoms with van der Waals surface area (Å²) >= 11 is 1.85. The van der Waals surface area contributed by atoms with Gasteiger partial charge in [0, 0.05) is 37.8 Å². The average molecular weight is 375 g/mol. The number of nitrogens with one attached hydrogen (secondary N) is 2. The molecule has 1 aliphatic rings. The highest BCUT2D eigenvalue weighted by molar-refractivity contribution is 7.10. The van der Waals surface area contributed by atoms with E-state index in [1.165, 1.54) is 36.4 Å². The molecule has 2 aromatic heterocycles. The summed E-state index contributed by atoms with van der Waals surface area (Å²) in [6, 6.07) is 4.83. The molecule has 0 saturated carbocycles. The van der Waals surface area contributed by atoms with E-state index in [9.17, 15) is 0 Å². The first-order chi connectivity index (χ1) is 12.8. The lowest BCUT2D eigenvalue weighted by molar-refractivity contribution is 0.249. The number of guanidine groups is 1. The van der Waals surface area contributed by atoms with Crippen molar-refractivity contribution in [1.29, 1.82) is 0 Å². The van der Waals surface area contributed by atoms with E-state index in [0.717, 1.165) is 32.0 Å². The predicted octanol–water partition coefficient (Wildman–Crippen LogP) is 2.65. The number of aliphatic imine (C=N–C) groups is 1. The Morgan fingerprint density at radius 2 is 2.19 bits per heavy atom. The maximum Gasteiger partial charge on any atom is 0.191 e. The van der Waals surface area contributed by atoms with Gasteiger partial charge in [0.05, 0.1) is 12.2 Å². The van der Waals surface area contributed by atoms with E-state index in [1.807, 2.05) is 29.3 Å². The van der Waals surface area contributed by atoms with Crippen molar-refractivity contribution in [3.8, 4) is 0 Å². The smallest absolute Gasteiger partial charge is 0.191 e. The second-order valence-corrected chi connectivity index (χ2v) is 7.77. The Hall–Kier alpha value is -1.86. The molecule has 26 heavy (non-hydrogen) atoms. The summed E-state index contributed by atoms with van der Waals surface area (Å²) in [7, 11) is 1.84. The normalized spacial score (nSPS) is 16.8. The summed E-state index contributed by atoms with van der Waals surface area (Å²) in [6.07, 6.45) is 7.61. The lowest BCUT2D eigenvalue weighted by atomic mass is 10.2. The van der Waals surface area contributed by atoms with Crippen LogP contribution in [-0.4, -0.2) is 53.9 Å². The average Bonchev–Trinajstić information content (AvgIpc) is 3.40. The van der Waals surface area contributed by atoms with E-state index in [-0.39, 0.29) is 0 Å². The molecule has 3 rings (SSSR count). The molecule has 1 aliphatic heterocycles. The minimum atomic E-state index is 0.433. The summed E-state index contributed by atoms with van der Waals surface area (Å²) in [5.41, 5.74) is 1.21. The Morgan fingerprint density at radius 3 is 2.85 bits per heavy atom. The summed E-state index contributed by atoms with van der Waals surface area (Å²) in [6.45, 7) is 7.14. The Balaban J connectivity index is 1.44. The molecule has 2 N–H and O–H groups in total. The Bertz CT molecular complexity index is 672. The van der Waals surface area contributed by atoms with Crippen LogP contribution in [0.15, 0.2) is 34.9 Å². The van der Waals surface area contributed by atoms with Gasteiger partial charge in [-0.05, 0) is 56.3 Å². The van der Waals surface area contributed by atoms with Gasteiger partial charge in [-0.2, -0.15) is 5.10 Å². The number of nitrogens with zero attached hydrogens (tertiary/aromatic N) is 4. The number of rotatable bonds is 8. The van der Waals surface area contributed by atoms with Gasteiger partial charge in [0.25, 0.3) is 0 Å². The van der Waals surface area contributed by atoms with Gasteiger partial charge < -0.3 is 10.6 Å². The van der Waals surface area contributed by atoms with Gasteiger partial charge in [-0.3, -0.25) is 14.6 Å². The molecule has 0 amide bonds. The minimum absolute atomic E-state index is 0.433. The van der Waals surface area contributed by atoms with Crippen LogP contribution in [0.2, 0.25) is 0 Å². The zero-order chi connectivity index (χ0) is 18.2. The van der Waals surface area contributed by atoms with Crippen LogP contribution in [0.1, 0.15) is 35.7 Å². The Labute approximate surface area is 160 Å². The third kappa shape index (κ3) is 5.32. The molecule has 2 aromatic rings. The summed E-state index contributed by atoms with van der Waals surface area (Å²) in [4.78, 5) is 8.40. The molecular formula is C19H30N6S. The SMILES string of the molecule is CN=C(NCCCn1cc(C)cn1)NCC(c1cccs1)N1CCCC1. The Morgan fingerprint density at radius 1 is 1.35 bits per heavy atom. The molecule has 7 heteroatoms. The number of hydrogen-bond donors (Lipinski definition) is 2. The van der Waals surface area contributed by atoms with Gasteiger partial charge in [0.1, 0.15) is 0 Å². The number of thiophene rings is 1. The number of aromatic nitrogens is 2. The standard InChI is InChI=1S/C19H30N6S/c1-16-13-23-25(15-16)11-6-8-21-19(20-2)22-14-17(18-7-5-12-26-18)24-9-3-4-10-24/h5,7,12-13,15,17H,3-4,6,8-11,14H2,1-2H3,(H2,20,21,22). The molecule has 0 spiro atoms. The van der Waals surface area contributed by atoms with Gasteiger partial charge in [-0.1, -0.05) is 6.07 Å². The van der Waals surface area contributed by atoms with Crippen LogP contribution in [0.3, 0.4) is 0 Å². The van der Waals surface area contributed by atoms with Crippen LogP contribution in [-0.2, 0) is 6.54 Å². The molecule has 1 saturated heterocycles. The minimum Gasteiger partial charge on any atom is -0.356 e. The van der Waals surface area contributed by atoms with E-state index in [0.29, 0.717) is 6.04 Å². The highest BCUT2D eigenvalue weighted by atomic mass is 32.1. The topological polar surface area (TPSA) is 57.5 Å². The molecular weight excluding hydrogens is 344 g/mol. The molecule has 0 aliphatic carbocycles. The molecule has 0 aromatic carbocycles. The van der Waals surface area contributed by atoms with Crippen molar-refractivity contribution in [2.75, 3.05) is 33.2 Å². The van der Waals surface area contributed by atoms with Gasteiger partial charge in [0.2, 0.25) is 0 Å². The highest BCUT2D eigenvalue weighted by Crippen LogP contribution is 2.27. The zero-order valence-electron chi connectivity index (χ0n) is 15.8. The highest BCUT2D eigenvalue weighted by Gasteiger charge is 2.24. The summed E-state index contributed by atoms with van der Waals surface area (Å²) in [5.74, 6) is 0.877. The third-order valence-electron chi connectivity index (χ3n) is 4.76. The fraction of sp³-hybridized carbons (Fsp3) is 0.579. The monoisotopic (exact) mass is 374 g/mol. The first-order valence-corrected chi connectivity index (χ1v) is 10.4. The molecule has 1 atom stereocenters. The molecule has 1 fully saturated rings. The van der Waals surface area contributed by atoms with Crippen molar-refractivity contribution in [3.05, 3.63) is 40.3 Å². The van der Waals surface area contributed by atoms with E-state index < -0.39 is 0 Å². The maximum atomic E-state index is 4.37. The molecule has 0 bridgehead atoms. The number of aryl methyl sites for hydroxylation is 2. The fourth-order valence-corrected chi connectivity index (χ4v) is 4.26. The molecule has 0 radical (unpaired) electrons. The van der Waals surface area contributed by atoms with Crippen molar-refractivity contribution >= 4 is 17.3 Å². The van der Waals surface area contributed by atoms with Gasteiger partial charge in [-0.15, -0.1) is 11.3 Å². The number of hydrogen-bond acceptors (Lipinski definition) is 4. The van der Waals surface area contributed by atoms with Crippen molar-refractivity contribution in [1.82, 2.24) is 25.3 Å². The van der Waals surface area contributed by atoms with E-state index in [4.69, 9.17) is 0 Å². The molecule has 1 unspecified atom stereocenters. The van der Waals surface area contributed by atoms with Crippen LogP contribution in [0.4, 0.5) is 0 Å². The third-order valence-corrected chi connectivity index (χ3v) is 5.73. The largest absolute Gasteiger partial charge is 0.356 e. The van der Waals surface area contributed by atoms with Crippen molar-refractivity contribution in [2.45, 2.75) is 38.8 Å². The van der Waals surface area contributed by atoms with Crippen molar-refractivity contribution in [3.63, 3.8) is 0 Å². The second kappa shape index (κ2) is 9.73. The van der Waals surface area contributed by atoms with Crippen LogP contribution in [0.5, 0.6) is 0 Å². The summed E-state index contributed by atoms with van der Waals surface area (Å²) < 4.78 is 1.99. The van der Waals surface area contributed by atoms with E-state index in [2.05, 4.69) is 56.3 Å². The van der Waals surface area contributed by atoms with Crippen LogP contribution < -0.4 is 10.6 Å². The van der Waals surface area contributed by atoms with Crippen molar-refractivity contribution < 1.29 is 0 Å². The quantitative estimate of drug-likeness (QED) is 0.424. The van der Waals surface area contributed by atoms with E-state index >= 15 is 0 Å². The Kier molecular flexibility index (Phi) is 7.08. The molecule has 6 nitrogen and oxygen atoms in total. The summed E-state index contributed by atoms with van der Waals surface area (Å²) in [5, 5.41) is 13.4. The zero-order valence-corrected chi connectivity index (χ0v) is 16.6. The lowest BCUT2D eigenvalue weighted by Gasteiger charge is -2.27. The van der Waals surface area contributed by atoms with Crippen LogP contribution in [0, 0.1) is 6.92 Å². The lowest BCUT2D eigenvalue weighted by Crippen LogP contribution is -2.42. The maximum absolute atomic E-state index is 4.37. The predicted molar refractivity (Wildman–Crippen MR) is 109 cm³/mol. The van der Waals surface area contributed by atoms with Gasteiger partial charge in [-0.25, -0.2) is 0 Å². The van der Waals surface area contributed by atoms with Crippen LogP contribution in [0.25, 0.3) is 0 Å². The van der Waals surface area contributed by atoms with E-state index in [1.54, 1.807) is 0 Å². The van der Waals surface area contributed by atoms with Crippen molar-refractivity contribution in [2.24, 2.45) is 4.99 Å². The molecule has 3 heterocycles. The van der Waals surface area contributed by atoms with Gasteiger partial charge in [0.15, 0.2) is 5.96 Å². The first-order valence-electron chi connectivity index (χ1n) is 9.47. The molecule has 142 valence electrons. The number of likely N-dealkylation sites (tertiary alicyclic amines) is 1. The first kappa shape index (κ1) is 18.9. The van der Waals surface area contributed by atoms with Crippen LogP contribution >= 0.6 is 11.3 Å². The van der Waals surface area contributed by atoms with Gasteiger partial charge >= 0.3 is 0 Å². The fourth-order valence-electron chi connectivity index (χ4n) is 3.39. The second-order valence-electron chi connectivity index (χ2n) is 6.79.